The van der Waals surface area contributed by atoms with Gasteiger partial charge in [0.25, 0.3) is 5.91 Å². The van der Waals surface area contributed by atoms with Crippen molar-refractivity contribution in [2.75, 3.05) is 19.7 Å². The van der Waals surface area contributed by atoms with Crippen molar-refractivity contribution in [1.82, 2.24) is 10.2 Å². The number of carbonyl (C=O) groups excluding carboxylic acids is 1. The van der Waals surface area contributed by atoms with Crippen molar-refractivity contribution in [2.45, 2.75) is 63.5 Å². The molecule has 0 radical (unpaired) electrons. The van der Waals surface area contributed by atoms with E-state index in [1.54, 1.807) is 0 Å². The molecule has 1 amide bonds. The molecule has 2 atom stereocenters. The lowest BCUT2D eigenvalue weighted by atomic mass is 9.90. The first kappa shape index (κ1) is 16.9. The van der Waals surface area contributed by atoms with E-state index in [0.29, 0.717) is 18.0 Å². The summed E-state index contributed by atoms with van der Waals surface area (Å²) < 4.78 is 5.97. The molecule has 1 N–H and O–H groups in total. The van der Waals surface area contributed by atoms with Crippen molar-refractivity contribution < 1.29 is 9.53 Å². The summed E-state index contributed by atoms with van der Waals surface area (Å²) in [6.07, 6.45) is 10.0. The zero-order valence-electron chi connectivity index (χ0n) is 15.1. The van der Waals surface area contributed by atoms with Gasteiger partial charge >= 0.3 is 0 Å². The predicted molar refractivity (Wildman–Crippen MR) is 99.0 cm³/mol. The predicted octanol–water partition coefficient (Wildman–Crippen LogP) is 3.61. The van der Waals surface area contributed by atoms with Gasteiger partial charge in [0.1, 0.15) is 5.75 Å². The van der Waals surface area contributed by atoms with Crippen LogP contribution in [0.2, 0.25) is 0 Å². The van der Waals surface area contributed by atoms with E-state index in [-0.39, 0.29) is 5.91 Å². The molecule has 1 aromatic rings. The lowest BCUT2D eigenvalue weighted by molar-refractivity contribution is 0.0680. The Kier molecular flexibility index (Phi) is 5.25. The molecule has 3 fully saturated rings. The highest BCUT2D eigenvalue weighted by molar-refractivity contribution is 5.95. The van der Waals surface area contributed by atoms with Gasteiger partial charge in [-0.25, -0.2) is 0 Å². The molecule has 2 heterocycles. The van der Waals surface area contributed by atoms with Crippen molar-refractivity contribution in [1.29, 1.82) is 0 Å². The number of nitrogens with one attached hydrogen (secondary N) is 1. The molecule has 2 bridgehead atoms. The number of hydrogen-bond acceptors (Lipinski definition) is 3. The standard InChI is InChI=1S/C21H30N2O2/c24-21(23-18-8-9-19(23)14-22-13-12-18)17-6-10-20(11-7-17)25-15-16-4-2-1-3-5-16/h6-7,10-11,16,18-19,22H,1-5,8-9,12-15H2. The van der Waals surface area contributed by atoms with Gasteiger partial charge in [-0.3, -0.25) is 4.79 Å². The number of nitrogens with zero attached hydrogens (tertiary/aromatic N) is 1. The van der Waals surface area contributed by atoms with Gasteiger partial charge in [0.05, 0.1) is 6.61 Å². The second-order valence-electron chi connectivity index (χ2n) is 7.93. The second-order valence-corrected chi connectivity index (χ2v) is 7.93. The molecule has 4 rings (SSSR count). The maximum atomic E-state index is 13.0. The molecule has 136 valence electrons. The van der Waals surface area contributed by atoms with Crippen LogP contribution in [0.3, 0.4) is 0 Å². The van der Waals surface area contributed by atoms with Gasteiger partial charge < -0.3 is 15.0 Å². The van der Waals surface area contributed by atoms with Crippen molar-refractivity contribution >= 4 is 5.91 Å². The molecule has 2 saturated heterocycles. The molecule has 4 nitrogen and oxygen atoms in total. The third kappa shape index (κ3) is 3.84. The minimum atomic E-state index is 0.190. The summed E-state index contributed by atoms with van der Waals surface area (Å²) in [5, 5.41) is 3.46. The Hall–Kier alpha value is -1.55. The number of carbonyl (C=O) groups is 1. The Morgan fingerprint density at radius 3 is 2.56 bits per heavy atom. The molecule has 0 aromatic heterocycles. The molecule has 2 aliphatic heterocycles. The summed E-state index contributed by atoms with van der Waals surface area (Å²) >= 11 is 0. The highest BCUT2D eigenvalue weighted by Crippen LogP contribution is 2.30. The van der Waals surface area contributed by atoms with Gasteiger partial charge in [-0.1, -0.05) is 19.3 Å². The summed E-state index contributed by atoms with van der Waals surface area (Å²) in [6, 6.07) is 8.59. The van der Waals surface area contributed by atoms with E-state index < -0.39 is 0 Å². The molecule has 3 aliphatic rings. The van der Waals surface area contributed by atoms with Gasteiger partial charge in [0.2, 0.25) is 0 Å². The van der Waals surface area contributed by atoms with Crippen LogP contribution in [0.4, 0.5) is 0 Å². The van der Waals surface area contributed by atoms with E-state index in [1.807, 2.05) is 24.3 Å². The Bertz CT molecular complexity index is 566. The number of rotatable bonds is 4. The first-order valence-electron chi connectivity index (χ1n) is 10.1. The van der Waals surface area contributed by atoms with Crippen molar-refractivity contribution in [3.63, 3.8) is 0 Å². The fourth-order valence-corrected chi connectivity index (χ4v) is 4.72. The first-order valence-corrected chi connectivity index (χ1v) is 10.1. The summed E-state index contributed by atoms with van der Waals surface area (Å²) in [4.78, 5) is 15.1. The van der Waals surface area contributed by atoms with E-state index in [4.69, 9.17) is 4.74 Å². The maximum absolute atomic E-state index is 13.0. The van der Waals surface area contributed by atoms with Gasteiger partial charge in [-0.2, -0.15) is 0 Å². The number of fused-ring (bicyclic) bond motifs is 2. The smallest absolute Gasteiger partial charge is 0.254 e. The Balaban J connectivity index is 1.37. The van der Waals surface area contributed by atoms with Crippen LogP contribution in [0, 0.1) is 5.92 Å². The van der Waals surface area contributed by atoms with Crippen LogP contribution in [0.1, 0.15) is 61.7 Å². The van der Waals surface area contributed by atoms with E-state index in [0.717, 1.165) is 50.3 Å². The highest BCUT2D eigenvalue weighted by atomic mass is 16.5. The largest absolute Gasteiger partial charge is 0.493 e. The van der Waals surface area contributed by atoms with E-state index in [9.17, 15) is 4.79 Å². The number of hydrogen-bond donors (Lipinski definition) is 1. The molecule has 0 spiro atoms. The van der Waals surface area contributed by atoms with Crippen LogP contribution in [0.25, 0.3) is 0 Å². The number of ether oxygens (including phenoxy) is 1. The van der Waals surface area contributed by atoms with Gasteiger partial charge in [0.15, 0.2) is 0 Å². The Morgan fingerprint density at radius 1 is 1.00 bits per heavy atom. The van der Waals surface area contributed by atoms with E-state index in [1.165, 1.54) is 32.1 Å². The molecule has 1 aromatic carbocycles. The average Bonchev–Trinajstić information content (AvgIpc) is 2.93. The van der Waals surface area contributed by atoms with E-state index >= 15 is 0 Å². The number of amides is 1. The average molecular weight is 342 g/mol. The Morgan fingerprint density at radius 2 is 1.76 bits per heavy atom. The summed E-state index contributed by atoms with van der Waals surface area (Å²) in [5.74, 6) is 1.79. The van der Waals surface area contributed by atoms with Gasteiger partial charge in [-0.05, 0) is 68.8 Å². The monoisotopic (exact) mass is 342 g/mol. The summed E-state index contributed by atoms with van der Waals surface area (Å²) in [7, 11) is 0. The second kappa shape index (κ2) is 7.77. The van der Waals surface area contributed by atoms with Crippen LogP contribution in [-0.2, 0) is 0 Å². The fraction of sp³-hybridized carbons (Fsp3) is 0.667. The van der Waals surface area contributed by atoms with Crippen LogP contribution in [-0.4, -0.2) is 42.6 Å². The van der Waals surface area contributed by atoms with Gasteiger partial charge in [0, 0.05) is 24.2 Å². The van der Waals surface area contributed by atoms with Crippen LogP contribution in [0.5, 0.6) is 5.75 Å². The topological polar surface area (TPSA) is 41.6 Å². The van der Waals surface area contributed by atoms with Crippen LogP contribution in [0.15, 0.2) is 24.3 Å². The zero-order chi connectivity index (χ0) is 17.1. The van der Waals surface area contributed by atoms with Crippen LogP contribution >= 0.6 is 0 Å². The normalized spacial score (nSPS) is 27.1. The third-order valence-corrected chi connectivity index (χ3v) is 6.20. The Labute approximate surface area is 150 Å². The highest BCUT2D eigenvalue weighted by Gasteiger charge is 2.38. The maximum Gasteiger partial charge on any atom is 0.254 e. The quantitative estimate of drug-likeness (QED) is 0.909. The van der Waals surface area contributed by atoms with Crippen molar-refractivity contribution in [2.24, 2.45) is 5.92 Å². The molecular weight excluding hydrogens is 312 g/mol. The molecule has 1 saturated carbocycles. The fourth-order valence-electron chi connectivity index (χ4n) is 4.72. The molecule has 1 aliphatic carbocycles. The summed E-state index contributed by atoms with van der Waals surface area (Å²) in [5.41, 5.74) is 0.795. The van der Waals surface area contributed by atoms with E-state index in [2.05, 4.69) is 10.2 Å². The first-order chi connectivity index (χ1) is 12.3. The molecule has 4 heteroatoms. The van der Waals surface area contributed by atoms with Crippen LogP contribution < -0.4 is 10.1 Å². The number of benzene rings is 1. The molecular formula is C21H30N2O2. The third-order valence-electron chi connectivity index (χ3n) is 6.20. The molecule has 2 unspecified atom stereocenters. The molecule has 25 heavy (non-hydrogen) atoms. The minimum absolute atomic E-state index is 0.190. The lowest BCUT2D eigenvalue weighted by Crippen LogP contribution is -2.42. The zero-order valence-corrected chi connectivity index (χ0v) is 15.1. The van der Waals surface area contributed by atoms with Gasteiger partial charge in [-0.15, -0.1) is 0 Å². The minimum Gasteiger partial charge on any atom is -0.493 e. The summed E-state index contributed by atoms with van der Waals surface area (Å²) in [6.45, 7) is 2.78. The van der Waals surface area contributed by atoms with Crippen molar-refractivity contribution in [3.8, 4) is 5.75 Å². The SMILES string of the molecule is O=C(c1ccc(OCC2CCCCC2)cc1)N1C2CCNCC1CC2. The van der Waals surface area contributed by atoms with Crippen molar-refractivity contribution in [3.05, 3.63) is 29.8 Å². The lowest BCUT2D eigenvalue weighted by Gasteiger charge is -2.28.